The van der Waals surface area contributed by atoms with E-state index in [1.807, 2.05) is 26.0 Å². The minimum absolute atomic E-state index is 0.430. The SMILES string of the molecule is C=CCOc1ccc(/C=N\NC(=O)C(=O)Nc2cccc(C)c2C)cc1. The second-order valence-electron chi connectivity index (χ2n) is 5.57. The van der Waals surface area contributed by atoms with Gasteiger partial charge in [-0.3, -0.25) is 9.59 Å². The van der Waals surface area contributed by atoms with Crippen LogP contribution in [0.1, 0.15) is 16.7 Å². The zero-order valence-electron chi connectivity index (χ0n) is 14.8. The molecule has 0 radical (unpaired) electrons. The Morgan fingerprint density at radius 2 is 1.85 bits per heavy atom. The average Bonchev–Trinajstić information content (AvgIpc) is 2.64. The number of nitrogens with one attached hydrogen (secondary N) is 2. The third-order valence-corrected chi connectivity index (χ3v) is 3.69. The molecule has 0 aliphatic carbocycles. The first-order valence-corrected chi connectivity index (χ1v) is 8.05. The molecule has 0 atom stereocenters. The molecule has 0 heterocycles. The maximum absolute atomic E-state index is 11.9. The summed E-state index contributed by atoms with van der Waals surface area (Å²) in [6.45, 7) is 7.82. The molecule has 0 bridgehead atoms. The molecule has 2 N–H and O–H groups in total. The van der Waals surface area contributed by atoms with Gasteiger partial charge < -0.3 is 10.1 Å². The number of hydrogen-bond donors (Lipinski definition) is 2. The van der Waals surface area contributed by atoms with Gasteiger partial charge in [0.2, 0.25) is 0 Å². The molecule has 0 aliphatic rings. The number of nitrogens with zero attached hydrogens (tertiary/aromatic N) is 1. The molecule has 0 saturated heterocycles. The molecule has 6 nitrogen and oxygen atoms in total. The second kappa shape index (κ2) is 9.17. The average molecular weight is 351 g/mol. The minimum atomic E-state index is -0.840. The maximum atomic E-state index is 11.9. The number of hydrogen-bond acceptors (Lipinski definition) is 4. The molecule has 0 saturated carbocycles. The van der Waals surface area contributed by atoms with Crippen molar-refractivity contribution in [1.29, 1.82) is 0 Å². The van der Waals surface area contributed by atoms with Crippen LogP contribution in [0.5, 0.6) is 5.75 Å². The lowest BCUT2D eigenvalue weighted by atomic mass is 10.1. The van der Waals surface area contributed by atoms with Crippen LogP contribution < -0.4 is 15.5 Å². The van der Waals surface area contributed by atoms with Crippen LogP contribution in [0.25, 0.3) is 0 Å². The monoisotopic (exact) mass is 351 g/mol. The Balaban J connectivity index is 1.89. The summed E-state index contributed by atoms with van der Waals surface area (Å²) in [5.74, 6) is -0.906. The van der Waals surface area contributed by atoms with Crippen LogP contribution >= 0.6 is 0 Å². The molecule has 6 heteroatoms. The smallest absolute Gasteiger partial charge is 0.329 e. The lowest BCUT2D eigenvalue weighted by Gasteiger charge is -2.09. The fraction of sp³-hybridized carbons (Fsp3) is 0.150. The number of aryl methyl sites for hydroxylation is 1. The largest absolute Gasteiger partial charge is 0.490 e. The highest BCUT2D eigenvalue weighted by Gasteiger charge is 2.14. The summed E-state index contributed by atoms with van der Waals surface area (Å²) in [5, 5.41) is 6.37. The van der Waals surface area contributed by atoms with E-state index >= 15 is 0 Å². The molecule has 0 spiro atoms. The summed E-state index contributed by atoms with van der Waals surface area (Å²) in [7, 11) is 0. The number of rotatable bonds is 6. The quantitative estimate of drug-likeness (QED) is 0.363. The standard InChI is InChI=1S/C20H21N3O3/c1-4-12-26-17-10-8-16(9-11-17)13-21-23-20(25)19(24)22-18-7-5-6-14(2)15(18)3/h4-11,13H,1,12H2,2-3H3,(H,22,24)(H,23,25)/b21-13-. The summed E-state index contributed by atoms with van der Waals surface area (Å²) in [4.78, 5) is 23.8. The Labute approximate surface area is 152 Å². The van der Waals surface area contributed by atoms with E-state index < -0.39 is 11.8 Å². The van der Waals surface area contributed by atoms with Gasteiger partial charge >= 0.3 is 11.8 Å². The predicted molar refractivity (Wildman–Crippen MR) is 102 cm³/mol. The third-order valence-electron chi connectivity index (χ3n) is 3.69. The van der Waals surface area contributed by atoms with Gasteiger partial charge in [-0.25, -0.2) is 5.43 Å². The molecular formula is C20H21N3O3. The zero-order valence-corrected chi connectivity index (χ0v) is 14.8. The van der Waals surface area contributed by atoms with Gasteiger partial charge in [-0.15, -0.1) is 0 Å². The summed E-state index contributed by atoms with van der Waals surface area (Å²) in [6, 6.07) is 12.6. The topological polar surface area (TPSA) is 79.8 Å². The molecule has 0 aliphatic heterocycles. The van der Waals surface area contributed by atoms with E-state index in [2.05, 4.69) is 22.4 Å². The first kappa shape index (κ1) is 18.9. The summed E-state index contributed by atoms with van der Waals surface area (Å²) >= 11 is 0. The van der Waals surface area contributed by atoms with E-state index in [1.165, 1.54) is 6.21 Å². The van der Waals surface area contributed by atoms with Crippen LogP contribution in [-0.4, -0.2) is 24.6 Å². The Kier molecular flexibility index (Phi) is 6.68. The van der Waals surface area contributed by atoms with Crippen molar-refractivity contribution in [1.82, 2.24) is 5.43 Å². The van der Waals surface area contributed by atoms with Gasteiger partial charge in [-0.2, -0.15) is 5.10 Å². The molecule has 26 heavy (non-hydrogen) atoms. The highest BCUT2D eigenvalue weighted by atomic mass is 16.5. The van der Waals surface area contributed by atoms with Crippen molar-refractivity contribution >= 4 is 23.7 Å². The molecule has 0 unspecified atom stereocenters. The molecule has 2 aromatic carbocycles. The van der Waals surface area contributed by atoms with E-state index in [1.54, 1.807) is 36.4 Å². The third kappa shape index (κ3) is 5.31. The van der Waals surface area contributed by atoms with Crippen LogP contribution in [-0.2, 0) is 9.59 Å². The number of anilines is 1. The summed E-state index contributed by atoms with van der Waals surface area (Å²) in [6.07, 6.45) is 3.11. The van der Waals surface area contributed by atoms with Crippen LogP contribution in [0.4, 0.5) is 5.69 Å². The molecule has 2 amide bonds. The molecule has 2 aromatic rings. The lowest BCUT2D eigenvalue weighted by Crippen LogP contribution is -2.32. The molecule has 2 rings (SSSR count). The Morgan fingerprint density at radius 1 is 1.12 bits per heavy atom. The maximum Gasteiger partial charge on any atom is 0.329 e. The van der Waals surface area contributed by atoms with Crippen LogP contribution in [0.3, 0.4) is 0 Å². The van der Waals surface area contributed by atoms with Crippen molar-refractivity contribution in [2.75, 3.05) is 11.9 Å². The fourth-order valence-corrected chi connectivity index (χ4v) is 2.09. The molecule has 0 aromatic heterocycles. The predicted octanol–water partition coefficient (Wildman–Crippen LogP) is 2.96. The summed E-state index contributed by atoms with van der Waals surface area (Å²) in [5.41, 5.74) is 5.51. The van der Waals surface area contributed by atoms with Gasteiger partial charge in [0.05, 0.1) is 6.21 Å². The number of carbonyl (C=O) groups excluding carboxylic acids is 2. The van der Waals surface area contributed by atoms with E-state index in [0.717, 1.165) is 16.7 Å². The Hall–Kier alpha value is -3.41. The Morgan fingerprint density at radius 3 is 2.54 bits per heavy atom. The number of carbonyl (C=O) groups is 2. The van der Waals surface area contributed by atoms with Crippen LogP contribution in [0.15, 0.2) is 60.2 Å². The van der Waals surface area contributed by atoms with Gasteiger partial charge in [0, 0.05) is 5.69 Å². The first-order valence-electron chi connectivity index (χ1n) is 8.05. The minimum Gasteiger partial charge on any atom is -0.490 e. The number of benzene rings is 2. The second-order valence-corrected chi connectivity index (χ2v) is 5.57. The van der Waals surface area contributed by atoms with Crippen molar-refractivity contribution in [2.24, 2.45) is 5.10 Å². The lowest BCUT2D eigenvalue weighted by molar-refractivity contribution is -0.136. The molecule has 134 valence electrons. The van der Waals surface area contributed by atoms with Crippen LogP contribution in [0, 0.1) is 13.8 Å². The van der Waals surface area contributed by atoms with E-state index in [-0.39, 0.29) is 0 Å². The van der Waals surface area contributed by atoms with Crippen molar-refractivity contribution in [3.63, 3.8) is 0 Å². The number of ether oxygens (including phenoxy) is 1. The Bertz CT molecular complexity index is 827. The van der Waals surface area contributed by atoms with Crippen molar-refractivity contribution in [3.8, 4) is 5.75 Å². The number of hydrazone groups is 1. The van der Waals surface area contributed by atoms with Gasteiger partial charge in [0.25, 0.3) is 0 Å². The number of amides is 2. The van der Waals surface area contributed by atoms with E-state index in [4.69, 9.17) is 4.74 Å². The van der Waals surface area contributed by atoms with Gasteiger partial charge in [0.15, 0.2) is 0 Å². The first-order chi connectivity index (χ1) is 12.5. The van der Waals surface area contributed by atoms with E-state index in [9.17, 15) is 9.59 Å². The van der Waals surface area contributed by atoms with Crippen molar-refractivity contribution in [3.05, 3.63) is 71.8 Å². The normalized spacial score (nSPS) is 10.4. The highest BCUT2D eigenvalue weighted by Crippen LogP contribution is 2.17. The molecule has 0 fully saturated rings. The highest BCUT2D eigenvalue weighted by molar-refractivity contribution is 6.39. The van der Waals surface area contributed by atoms with E-state index in [0.29, 0.717) is 18.0 Å². The zero-order chi connectivity index (χ0) is 18.9. The molecular weight excluding hydrogens is 330 g/mol. The van der Waals surface area contributed by atoms with Crippen molar-refractivity contribution < 1.29 is 14.3 Å². The van der Waals surface area contributed by atoms with Gasteiger partial charge in [-0.1, -0.05) is 24.8 Å². The summed E-state index contributed by atoms with van der Waals surface area (Å²) < 4.78 is 5.37. The van der Waals surface area contributed by atoms with Gasteiger partial charge in [-0.05, 0) is 60.9 Å². The van der Waals surface area contributed by atoms with Gasteiger partial charge in [0.1, 0.15) is 12.4 Å². The van der Waals surface area contributed by atoms with Crippen LogP contribution in [0.2, 0.25) is 0 Å². The van der Waals surface area contributed by atoms with Crippen molar-refractivity contribution in [2.45, 2.75) is 13.8 Å². The fourth-order valence-electron chi connectivity index (χ4n) is 2.09.